The van der Waals surface area contributed by atoms with Gasteiger partial charge in [0.05, 0.1) is 17.6 Å². The molecule has 2 aromatic rings. The van der Waals surface area contributed by atoms with Gasteiger partial charge in [0, 0.05) is 6.20 Å². The number of carboxylic acid groups (broad SMARTS) is 2. The number of pyridine rings is 1. The summed E-state index contributed by atoms with van der Waals surface area (Å²) < 4.78 is 0. The number of nitrogens with zero attached hydrogens (tertiary/aromatic N) is 1. The predicted molar refractivity (Wildman–Crippen MR) is 59.3 cm³/mol. The Kier molecular flexibility index (Phi) is 7.97. The van der Waals surface area contributed by atoms with E-state index in [0.717, 1.165) is 0 Å². The zero-order chi connectivity index (χ0) is 13.4. The second-order valence-electron chi connectivity index (χ2n) is 3.16. The van der Waals surface area contributed by atoms with Crippen molar-refractivity contribution in [3.05, 3.63) is 66.0 Å². The van der Waals surface area contributed by atoms with E-state index in [9.17, 15) is 19.8 Å². The molecule has 0 radical (unpaired) electrons. The van der Waals surface area contributed by atoms with Crippen LogP contribution in [0.3, 0.4) is 0 Å². The van der Waals surface area contributed by atoms with Crippen molar-refractivity contribution in [1.29, 1.82) is 0 Å². The van der Waals surface area contributed by atoms with E-state index < -0.39 is 11.9 Å². The van der Waals surface area contributed by atoms with E-state index in [1.807, 2.05) is 0 Å². The first-order valence-electron chi connectivity index (χ1n) is 5.00. The predicted octanol–water partition coefficient (Wildman–Crippen LogP) is -0.507. The van der Waals surface area contributed by atoms with Crippen molar-refractivity contribution in [1.82, 2.24) is 4.98 Å². The smallest absolute Gasteiger partial charge is 0.545 e. The summed E-state index contributed by atoms with van der Waals surface area (Å²) in [5, 5.41) is 20.1. The minimum absolute atomic E-state index is 0. The number of aromatic nitrogens is 1. The van der Waals surface area contributed by atoms with Crippen molar-refractivity contribution < 1.29 is 39.3 Å². The Morgan fingerprint density at radius 3 is 1.74 bits per heavy atom. The largest absolute Gasteiger partial charge is 2.00 e. The van der Waals surface area contributed by atoms with Crippen LogP contribution in [-0.4, -0.2) is 16.9 Å². The summed E-state index contributed by atoms with van der Waals surface area (Å²) in [4.78, 5) is 23.6. The number of carbonyl (C=O) groups is 2. The Morgan fingerprint density at radius 1 is 0.842 bits per heavy atom. The van der Waals surface area contributed by atoms with Crippen molar-refractivity contribution in [3.63, 3.8) is 0 Å². The van der Waals surface area contributed by atoms with Crippen LogP contribution >= 0.6 is 0 Å². The second kappa shape index (κ2) is 8.94. The molecule has 1 aromatic carbocycles. The molecule has 92 valence electrons. The van der Waals surface area contributed by atoms with Crippen molar-refractivity contribution in [2.75, 3.05) is 0 Å². The number of benzene rings is 1. The number of hydrogen-bond acceptors (Lipinski definition) is 5. The number of aromatic carboxylic acids is 2. The molecule has 1 aromatic heterocycles. The van der Waals surface area contributed by atoms with Crippen LogP contribution in [0.15, 0.2) is 54.7 Å². The molecule has 0 N–H and O–H groups in total. The summed E-state index contributed by atoms with van der Waals surface area (Å²) in [6.07, 6.45) is 1.41. The van der Waals surface area contributed by atoms with Gasteiger partial charge >= 0.3 is 19.5 Å². The first-order valence-corrected chi connectivity index (χ1v) is 5.00. The van der Waals surface area contributed by atoms with E-state index >= 15 is 0 Å². The third-order valence-corrected chi connectivity index (χ3v) is 1.88. The molecule has 0 unspecified atom stereocenters. The van der Waals surface area contributed by atoms with Crippen LogP contribution in [-0.2, 0) is 19.5 Å². The van der Waals surface area contributed by atoms with Gasteiger partial charge in [0.15, 0.2) is 0 Å². The maximum absolute atomic E-state index is 10.1. The fourth-order valence-electron chi connectivity index (χ4n) is 1.06. The molecule has 0 spiro atoms. The quantitative estimate of drug-likeness (QED) is 0.697. The number of rotatable bonds is 2. The Morgan fingerprint density at radius 2 is 1.42 bits per heavy atom. The Bertz CT molecular complexity index is 467. The van der Waals surface area contributed by atoms with Crippen LogP contribution in [0.4, 0.5) is 0 Å². The monoisotopic (exact) mass is 307 g/mol. The van der Waals surface area contributed by atoms with Crippen molar-refractivity contribution in [2.24, 2.45) is 0 Å². The van der Waals surface area contributed by atoms with Crippen LogP contribution in [0.5, 0.6) is 0 Å². The molecule has 1 heterocycles. The second-order valence-corrected chi connectivity index (χ2v) is 3.16. The van der Waals surface area contributed by atoms with E-state index in [0.29, 0.717) is 0 Å². The van der Waals surface area contributed by atoms with Crippen molar-refractivity contribution >= 4 is 11.9 Å². The van der Waals surface area contributed by atoms with Gasteiger partial charge in [-0.05, 0) is 17.7 Å². The number of carboxylic acids is 2. The van der Waals surface area contributed by atoms with Crippen molar-refractivity contribution in [3.8, 4) is 0 Å². The van der Waals surface area contributed by atoms with Gasteiger partial charge in [-0.3, -0.25) is 4.98 Å². The average Bonchev–Trinajstić information content (AvgIpc) is 2.41. The minimum atomic E-state index is -1.24. The molecule has 0 aliphatic carbocycles. The Hall–Kier alpha value is -2.07. The summed E-state index contributed by atoms with van der Waals surface area (Å²) >= 11 is 0. The van der Waals surface area contributed by atoms with E-state index in [4.69, 9.17) is 0 Å². The van der Waals surface area contributed by atoms with Gasteiger partial charge < -0.3 is 19.8 Å². The van der Waals surface area contributed by atoms with Gasteiger partial charge in [-0.15, -0.1) is 0 Å². The fourth-order valence-corrected chi connectivity index (χ4v) is 1.06. The van der Waals surface area contributed by atoms with Gasteiger partial charge in [-0.2, -0.15) is 0 Å². The molecule has 6 heteroatoms. The van der Waals surface area contributed by atoms with Crippen LogP contribution in [0.25, 0.3) is 0 Å². The topological polar surface area (TPSA) is 93.1 Å². The normalized spacial score (nSPS) is 8.42. The van der Waals surface area contributed by atoms with Crippen LogP contribution in [0.1, 0.15) is 20.8 Å². The molecule has 19 heavy (non-hydrogen) atoms. The van der Waals surface area contributed by atoms with Gasteiger partial charge in [0.25, 0.3) is 0 Å². The summed E-state index contributed by atoms with van der Waals surface area (Å²) in [5.74, 6) is -2.37. The molecule has 2 rings (SSSR count). The van der Waals surface area contributed by atoms with Crippen LogP contribution in [0.2, 0.25) is 0 Å². The van der Waals surface area contributed by atoms with Crippen LogP contribution < -0.4 is 10.2 Å². The summed E-state index contributed by atoms with van der Waals surface area (Å²) in [6.45, 7) is 0. The third-order valence-electron chi connectivity index (χ3n) is 1.88. The standard InChI is InChI=1S/C7H6O2.C6H5NO2.Zn/c8-7(9)6-4-2-1-3-5-6;8-6(9)5-3-1-2-4-7-5;/h1-5H,(H,8,9);1-4H,(H,8,9);/q;;+2/p-2. The van der Waals surface area contributed by atoms with Gasteiger partial charge in [-0.25, -0.2) is 0 Å². The molecule has 0 atom stereocenters. The zero-order valence-electron chi connectivity index (χ0n) is 9.98. The summed E-state index contributed by atoms with van der Waals surface area (Å²) in [5.41, 5.74) is 0.190. The Balaban J connectivity index is 0.000000324. The van der Waals surface area contributed by atoms with E-state index in [1.54, 1.807) is 30.3 Å². The molecule has 0 aliphatic rings. The zero-order valence-corrected chi connectivity index (χ0v) is 13.0. The summed E-state index contributed by atoms with van der Waals surface area (Å²) in [6, 6.07) is 12.7. The van der Waals surface area contributed by atoms with E-state index in [2.05, 4.69) is 4.98 Å². The molecule has 0 bridgehead atoms. The first-order chi connectivity index (χ1) is 8.61. The maximum atomic E-state index is 10.1. The van der Waals surface area contributed by atoms with E-state index in [1.165, 1.54) is 24.4 Å². The number of carbonyl (C=O) groups excluding carboxylic acids is 2. The number of hydrogen-bond donors (Lipinski definition) is 0. The Labute approximate surface area is 122 Å². The molecule has 5 nitrogen and oxygen atoms in total. The average molecular weight is 309 g/mol. The molecule has 0 saturated carbocycles. The van der Waals surface area contributed by atoms with Crippen LogP contribution in [0, 0.1) is 0 Å². The maximum Gasteiger partial charge on any atom is 2.00 e. The van der Waals surface area contributed by atoms with Gasteiger partial charge in [0.2, 0.25) is 0 Å². The van der Waals surface area contributed by atoms with Gasteiger partial charge in [-0.1, -0.05) is 36.4 Å². The SMILES string of the molecule is O=C([O-])c1ccccc1.O=C([O-])c1ccccn1.[Zn+2]. The molecule has 0 amide bonds. The molecule has 0 fully saturated rings. The molecule has 0 saturated heterocycles. The molecule has 0 aliphatic heterocycles. The molecular formula is C13H9NO4Zn. The van der Waals surface area contributed by atoms with E-state index in [-0.39, 0.29) is 30.7 Å². The fraction of sp³-hybridized carbons (Fsp3) is 0. The third kappa shape index (κ3) is 6.43. The van der Waals surface area contributed by atoms with Gasteiger partial charge in [0.1, 0.15) is 0 Å². The van der Waals surface area contributed by atoms with Crippen molar-refractivity contribution in [2.45, 2.75) is 0 Å². The summed E-state index contributed by atoms with van der Waals surface area (Å²) in [7, 11) is 0. The first kappa shape index (κ1) is 16.9. The molecular weight excluding hydrogens is 300 g/mol. The minimum Gasteiger partial charge on any atom is -0.545 e.